The summed E-state index contributed by atoms with van der Waals surface area (Å²) < 4.78 is 0. The minimum Gasteiger partial charge on any atom is -0.393 e. The first kappa shape index (κ1) is 15.4. The van der Waals surface area contributed by atoms with Gasteiger partial charge in [-0.25, -0.2) is 0 Å². The predicted octanol–water partition coefficient (Wildman–Crippen LogP) is 3.10. The maximum absolute atomic E-state index is 10.9. The van der Waals surface area contributed by atoms with Gasteiger partial charge in [0.1, 0.15) is 5.69 Å². The second-order valence-electron chi connectivity index (χ2n) is 5.03. The van der Waals surface area contributed by atoms with E-state index in [4.69, 9.17) is 17.3 Å². The Bertz CT molecular complexity index is 505. The summed E-state index contributed by atoms with van der Waals surface area (Å²) in [6.45, 7) is 2.16. The van der Waals surface area contributed by atoms with E-state index in [1.807, 2.05) is 0 Å². The molecule has 0 radical (unpaired) electrons. The van der Waals surface area contributed by atoms with Gasteiger partial charge in [0, 0.05) is 22.1 Å². The molecule has 1 fully saturated rings. The molecule has 0 aliphatic carbocycles. The fourth-order valence-electron chi connectivity index (χ4n) is 2.28. The number of rotatable bonds is 4. The smallest absolute Gasteiger partial charge is 0.292 e. The number of piperidine rings is 1. The van der Waals surface area contributed by atoms with Crippen LogP contribution in [0.2, 0.25) is 0 Å². The van der Waals surface area contributed by atoms with Gasteiger partial charge in [-0.2, -0.15) is 0 Å². The first-order chi connectivity index (χ1) is 9.51. The standard InChI is InChI=1S/C13H18ClN3O2S/c1-16-4-2-10(3-5-16)20-13-7-11(15)12(17(18)19)6-9(13)8-14/h6-7,10H,2-5,8,15H2,1H3. The van der Waals surface area contributed by atoms with Gasteiger partial charge >= 0.3 is 0 Å². The number of benzene rings is 1. The summed E-state index contributed by atoms with van der Waals surface area (Å²) >= 11 is 7.66. The second-order valence-corrected chi connectivity index (χ2v) is 6.64. The van der Waals surface area contributed by atoms with Crippen molar-refractivity contribution in [2.45, 2.75) is 28.9 Å². The Balaban J connectivity index is 2.18. The van der Waals surface area contributed by atoms with Crippen LogP contribution in [0.3, 0.4) is 0 Å². The van der Waals surface area contributed by atoms with Gasteiger partial charge in [-0.15, -0.1) is 23.4 Å². The number of alkyl halides is 1. The quantitative estimate of drug-likeness (QED) is 0.400. The van der Waals surface area contributed by atoms with Crippen molar-refractivity contribution in [1.29, 1.82) is 0 Å². The molecule has 0 aromatic heterocycles. The molecule has 0 amide bonds. The Morgan fingerprint density at radius 1 is 1.50 bits per heavy atom. The monoisotopic (exact) mass is 315 g/mol. The molecule has 0 atom stereocenters. The lowest BCUT2D eigenvalue weighted by molar-refractivity contribution is -0.384. The number of thioether (sulfide) groups is 1. The van der Waals surface area contributed by atoms with Crippen molar-refractivity contribution >= 4 is 34.7 Å². The van der Waals surface area contributed by atoms with Crippen LogP contribution < -0.4 is 5.73 Å². The second kappa shape index (κ2) is 6.65. The lowest BCUT2D eigenvalue weighted by Crippen LogP contribution is -2.31. The number of nitro benzene ring substituents is 1. The molecule has 0 spiro atoms. The zero-order valence-electron chi connectivity index (χ0n) is 11.3. The average molecular weight is 316 g/mol. The van der Waals surface area contributed by atoms with Gasteiger partial charge in [0.15, 0.2) is 0 Å². The minimum atomic E-state index is -0.463. The molecule has 0 unspecified atom stereocenters. The van der Waals surface area contributed by atoms with Gasteiger partial charge < -0.3 is 10.6 Å². The predicted molar refractivity (Wildman–Crippen MR) is 83.4 cm³/mol. The molecule has 1 aromatic carbocycles. The molecule has 7 heteroatoms. The first-order valence-corrected chi connectivity index (χ1v) is 7.90. The SMILES string of the molecule is CN1CCC(Sc2cc(N)c([N+](=O)[O-])cc2CCl)CC1. The topological polar surface area (TPSA) is 72.4 Å². The van der Waals surface area contributed by atoms with Crippen LogP contribution >= 0.6 is 23.4 Å². The van der Waals surface area contributed by atoms with E-state index in [2.05, 4.69) is 11.9 Å². The van der Waals surface area contributed by atoms with Crippen LogP contribution in [0.15, 0.2) is 17.0 Å². The van der Waals surface area contributed by atoms with E-state index < -0.39 is 4.92 Å². The summed E-state index contributed by atoms with van der Waals surface area (Å²) in [6, 6.07) is 3.19. The fraction of sp³-hybridized carbons (Fsp3) is 0.538. The zero-order chi connectivity index (χ0) is 14.7. The maximum atomic E-state index is 10.9. The molecular weight excluding hydrogens is 298 g/mol. The van der Waals surface area contributed by atoms with Crippen LogP contribution in [0.25, 0.3) is 0 Å². The molecular formula is C13H18ClN3O2S. The van der Waals surface area contributed by atoms with Gasteiger partial charge in [0.25, 0.3) is 5.69 Å². The van der Waals surface area contributed by atoms with E-state index in [9.17, 15) is 10.1 Å². The van der Waals surface area contributed by atoms with Crippen LogP contribution in [-0.4, -0.2) is 35.2 Å². The van der Waals surface area contributed by atoms with E-state index in [-0.39, 0.29) is 17.3 Å². The molecule has 1 aliphatic rings. The largest absolute Gasteiger partial charge is 0.393 e. The first-order valence-electron chi connectivity index (χ1n) is 6.49. The zero-order valence-corrected chi connectivity index (χ0v) is 12.9. The Hall–Kier alpha value is -0.980. The van der Waals surface area contributed by atoms with Crippen LogP contribution in [0, 0.1) is 10.1 Å². The minimum absolute atomic E-state index is 0.0617. The Kier molecular flexibility index (Phi) is 5.12. The normalized spacial score (nSPS) is 17.3. The number of nitro groups is 1. The summed E-state index contributed by atoms with van der Waals surface area (Å²) in [5.74, 6) is 0.260. The van der Waals surface area contributed by atoms with Crippen molar-refractivity contribution in [3.05, 3.63) is 27.8 Å². The van der Waals surface area contributed by atoms with Crippen molar-refractivity contribution in [3.8, 4) is 0 Å². The number of nitrogens with two attached hydrogens (primary N) is 1. The highest BCUT2D eigenvalue weighted by molar-refractivity contribution is 8.00. The van der Waals surface area contributed by atoms with Gasteiger partial charge in [-0.1, -0.05) is 0 Å². The highest BCUT2D eigenvalue weighted by atomic mass is 35.5. The van der Waals surface area contributed by atoms with Gasteiger partial charge in [0.05, 0.1) is 4.92 Å². The highest BCUT2D eigenvalue weighted by Gasteiger charge is 2.21. The highest BCUT2D eigenvalue weighted by Crippen LogP contribution is 2.37. The van der Waals surface area contributed by atoms with Gasteiger partial charge in [-0.05, 0) is 44.6 Å². The third kappa shape index (κ3) is 3.56. The maximum Gasteiger partial charge on any atom is 0.292 e. The third-order valence-electron chi connectivity index (χ3n) is 3.51. The summed E-state index contributed by atoms with van der Waals surface area (Å²) in [4.78, 5) is 13.7. The van der Waals surface area contributed by atoms with E-state index in [1.165, 1.54) is 6.07 Å². The van der Waals surface area contributed by atoms with Gasteiger partial charge in [-0.3, -0.25) is 10.1 Å². The van der Waals surface area contributed by atoms with E-state index in [1.54, 1.807) is 17.8 Å². The molecule has 0 saturated carbocycles. The summed E-state index contributed by atoms with van der Waals surface area (Å²) in [5, 5.41) is 11.4. The summed E-state index contributed by atoms with van der Waals surface area (Å²) in [5.41, 5.74) is 6.70. The van der Waals surface area contributed by atoms with Crippen molar-refractivity contribution in [2.75, 3.05) is 25.9 Å². The molecule has 1 aromatic rings. The Labute approximate surface area is 127 Å². The van der Waals surface area contributed by atoms with Gasteiger partial charge in [0.2, 0.25) is 0 Å². The van der Waals surface area contributed by atoms with Crippen LogP contribution in [0.1, 0.15) is 18.4 Å². The van der Waals surface area contributed by atoms with Crippen molar-refractivity contribution in [1.82, 2.24) is 4.90 Å². The molecule has 1 heterocycles. The number of halogens is 1. The Morgan fingerprint density at radius 2 is 2.15 bits per heavy atom. The lowest BCUT2D eigenvalue weighted by Gasteiger charge is -2.28. The number of hydrogen-bond donors (Lipinski definition) is 1. The van der Waals surface area contributed by atoms with Crippen molar-refractivity contribution in [3.63, 3.8) is 0 Å². The molecule has 2 rings (SSSR count). The molecule has 2 N–H and O–H groups in total. The number of hydrogen-bond acceptors (Lipinski definition) is 5. The van der Waals surface area contributed by atoms with Crippen LogP contribution in [-0.2, 0) is 5.88 Å². The Morgan fingerprint density at radius 3 is 2.70 bits per heavy atom. The average Bonchev–Trinajstić information content (AvgIpc) is 2.41. The van der Waals surface area contributed by atoms with Crippen LogP contribution in [0.4, 0.5) is 11.4 Å². The van der Waals surface area contributed by atoms with E-state index in [0.29, 0.717) is 5.25 Å². The van der Waals surface area contributed by atoms with Crippen molar-refractivity contribution in [2.24, 2.45) is 0 Å². The van der Waals surface area contributed by atoms with Crippen molar-refractivity contribution < 1.29 is 4.92 Å². The van der Waals surface area contributed by atoms with E-state index in [0.717, 1.165) is 36.4 Å². The number of likely N-dealkylation sites (tertiary alicyclic amines) is 1. The molecule has 110 valence electrons. The lowest BCUT2D eigenvalue weighted by atomic mass is 10.1. The third-order valence-corrected chi connectivity index (χ3v) is 5.24. The summed E-state index contributed by atoms with van der Waals surface area (Å²) in [7, 11) is 2.12. The molecule has 20 heavy (non-hydrogen) atoms. The number of anilines is 1. The molecule has 5 nitrogen and oxygen atoms in total. The van der Waals surface area contributed by atoms with E-state index >= 15 is 0 Å². The van der Waals surface area contributed by atoms with Crippen LogP contribution in [0.5, 0.6) is 0 Å². The number of nitrogens with zero attached hydrogens (tertiary/aromatic N) is 2. The summed E-state index contributed by atoms with van der Waals surface area (Å²) in [6.07, 6.45) is 2.22. The fourth-order valence-corrected chi connectivity index (χ4v) is 3.87. The molecule has 0 bridgehead atoms. The number of nitrogen functional groups attached to an aromatic ring is 1. The molecule has 1 saturated heterocycles. The molecule has 1 aliphatic heterocycles.